The Labute approximate surface area is 76.6 Å². The van der Waals surface area contributed by atoms with Gasteiger partial charge in [-0.3, -0.25) is 4.39 Å². The van der Waals surface area contributed by atoms with E-state index in [1.807, 2.05) is 0 Å². The minimum atomic E-state index is -0.495. The second-order valence-electron chi connectivity index (χ2n) is 3.75. The Morgan fingerprint density at radius 2 is 1.92 bits per heavy atom. The quantitative estimate of drug-likeness (QED) is 0.658. The zero-order chi connectivity index (χ0) is 9.31. The second kappa shape index (κ2) is 3.09. The van der Waals surface area contributed by atoms with Gasteiger partial charge in [-0.15, -0.1) is 0 Å². The Hall–Kier alpha value is -0.920. The third-order valence-corrected chi connectivity index (χ3v) is 3.01. The number of hydrogen-bond donors (Lipinski definition) is 0. The van der Waals surface area contributed by atoms with Crippen LogP contribution >= 0.6 is 0 Å². The summed E-state index contributed by atoms with van der Waals surface area (Å²) in [5, 5.41) is 0. The van der Waals surface area contributed by atoms with Crippen molar-refractivity contribution >= 4 is 0 Å². The summed E-state index contributed by atoms with van der Waals surface area (Å²) < 4.78 is 26.1. The molecule has 0 aromatic heterocycles. The molecule has 0 N–H and O–H groups in total. The lowest BCUT2D eigenvalue weighted by molar-refractivity contribution is 0.179. The van der Waals surface area contributed by atoms with Crippen molar-refractivity contribution in [3.63, 3.8) is 0 Å². The molecule has 0 spiro atoms. The van der Waals surface area contributed by atoms with Crippen LogP contribution in [0.25, 0.3) is 0 Å². The zero-order valence-corrected chi connectivity index (χ0v) is 7.39. The van der Waals surface area contributed by atoms with Crippen molar-refractivity contribution in [1.29, 1.82) is 0 Å². The van der Waals surface area contributed by atoms with Crippen molar-refractivity contribution in [2.45, 2.75) is 24.7 Å². The maximum Gasteiger partial charge on any atom is 0.127 e. The molecule has 1 aromatic carbocycles. The Bertz CT molecular complexity index is 297. The molecule has 0 amide bonds. The Kier molecular flexibility index (Phi) is 2.06. The number of rotatable bonds is 2. The molecule has 2 heteroatoms. The molecule has 1 fully saturated rings. The summed E-state index contributed by atoms with van der Waals surface area (Å²) in [4.78, 5) is 0. The van der Waals surface area contributed by atoms with E-state index in [-0.39, 0.29) is 5.82 Å². The van der Waals surface area contributed by atoms with E-state index in [9.17, 15) is 8.78 Å². The summed E-state index contributed by atoms with van der Waals surface area (Å²) in [5.74, 6) is -0.264. The van der Waals surface area contributed by atoms with Gasteiger partial charge in [0, 0.05) is 5.41 Å². The van der Waals surface area contributed by atoms with E-state index in [1.54, 1.807) is 18.2 Å². The van der Waals surface area contributed by atoms with Crippen LogP contribution in [-0.2, 0) is 5.41 Å². The highest BCUT2D eigenvalue weighted by molar-refractivity contribution is 5.29. The minimum absolute atomic E-state index is 0.264. The lowest BCUT2D eigenvalue weighted by atomic mass is 9.65. The second-order valence-corrected chi connectivity index (χ2v) is 3.75. The molecule has 0 heterocycles. The van der Waals surface area contributed by atoms with Crippen LogP contribution in [0.4, 0.5) is 8.78 Å². The van der Waals surface area contributed by atoms with Gasteiger partial charge < -0.3 is 0 Å². The van der Waals surface area contributed by atoms with E-state index in [2.05, 4.69) is 0 Å². The van der Waals surface area contributed by atoms with Gasteiger partial charge in [-0.2, -0.15) is 0 Å². The molecular formula is C11H12F2. The molecule has 0 aliphatic heterocycles. The average molecular weight is 182 g/mol. The van der Waals surface area contributed by atoms with Crippen LogP contribution in [0.15, 0.2) is 24.3 Å². The van der Waals surface area contributed by atoms with E-state index < -0.39 is 12.1 Å². The molecule has 1 saturated carbocycles. The van der Waals surface area contributed by atoms with Crippen molar-refractivity contribution in [1.82, 2.24) is 0 Å². The van der Waals surface area contributed by atoms with Crippen LogP contribution in [0.2, 0.25) is 0 Å². The molecule has 0 radical (unpaired) electrons. The fourth-order valence-corrected chi connectivity index (χ4v) is 1.97. The van der Waals surface area contributed by atoms with E-state index in [0.717, 1.165) is 19.3 Å². The topological polar surface area (TPSA) is 0 Å². The molecule has 1 aliphatic carbocycles. The molecule has 0 unspecified atom stereocenters. The van der Waals surface area contributed by atoms with Gasteiger partial charge in [0.05, 0.1) is 6.67 Å². The molecule has 1 aromatic rings. The maximum absolute atomic E-state index is 13.3. The van der Waals surface area contributed by atoms with Gasteiger partial charge in [-0.1, -0.05) is 24.6 Å². The van der Waals surface area contributed by atoms with Crippen molar-refractivity contribution in [3.8, 4) is 0 Å². The molecular weight excluding hydrogens is 170 g/mol. The summed E-state index contributed by atoms with van der Waals surface area (Å²) >= 11 is 0. The number of alkyl halides is 1. The predicted octanol–water partition coefficient (Wildman–Crippen LogP) is 3.22. The smallest absolute Gasteiger partial charge is 0.127 e. The van der Waals surface area contributed by atoms with Gasteiger partial charge in [0.15, 0.2) is 0 Å². The monoisotopic (exact) mass is 182 g/mol. The average Bonchev–Trinajstić information content (AvgIpc) is 2.07. The van der Waals surface area contributed by atoms with Crippen molar-refractivity contribution in [2.24, 2.45) is 0 Å². The predicted molar refractivity (Wildman–Crippen MR) is 47.9 cm³/mol. The van der Waals surface area contributed by atoms with Crippen molar-refractivity contribution in [2.75, 3.05) is 6.67 Å². The van der Waals surface area contributed by atoms with Crippen LogP contribution in [0.1, 0.15) is 24.8 Å². The first kappa shape index (κ1) is 8.67. The summed E-state index contributed by atoms with van der Waals surface area (Å²) in [6.45, 7) is -0.437. The zero-order valence-electron chi connectivity index (χ0n) is 7.39. The van der Waals surface area contributed by atoms with Crippen LogP contribution < -0.4 is 0 Å². The summed E-state index contributed by atoms with van der Waals surface area (Å²) in [6, 6.07) is 6.52. The first-order valence-corrected chi connectivity index (χ1v) is 4.59. The van der Waals surface area contributed by atoms with Crippen LogP contribution in [-0.4, -0.2) is 6.67 Å². The molecule has 13 heavy (non-hydrogen) atoms. The van der Waals surface area contributed by atoms with Crippen LogP contribution in [0.5, 0.6) is 0 Å². The third kappa shape index (κ3) is 1.25. The SMILES string of the molecule is FCC1(c2ccccc2F)CCC1. The first-order chi connectivity index (χ1) is 6.28. The van der Waals surface area contributed by atoms with Gasteiger partial charge in [0.1, 0.15) is 5.82 Å². The van der Waals surface area contributed by atoms with E-state index in [0.29, 0.717) is 5.56 Å². The van der Waals surface area contributed by atoms with Gasteiger partial charge in [0.25, 0.3) is 0 Å². The van der Waals surface area contributed by atoms with Gasteiger partial charge >= 0.3 is 0 Å². The fourth-order valence-electron chi connectivity index (χ4n) is 1.97. The van der Waals surface area contributed by atoms with E-state index in [4.69, 9.17) is 0 Å². The van der Waals surface area contributed by atoms with Crippen molar-refractivity contribution < 1.29 is 8.78 Å². The Balaban J connectivity index is 2.38. The lowest BCUT2D eigenvalue weighted by Crippen LogP contribution is -2.37. The van der Waals surface area contributed by atoms with Gasteiger partial charge in [0.2, 0.25) is 0 Å². The molecule has 0 bridgehead atoms. The maximum atomic E-state index is 13.3. The molecule has 2 rings (SSSR count). The number of hydrogen-bond acceptors (Lipinski definition) is 0. The lowest BCUT2D eigenvalue weighted by Gasteiger charge is -2.40. The van der Waals surface area contributed by atoms with Gasteiger partial charge in [-0.05, 0) is 24.5 Å². The molecule has 1 aliphatic rings. The highest BCUT2D eigenvalue weighted by atomic mass is 19.1. The third-order valence-electron chi connectivity index (χ3n) is 3.01. The number of halogens is 2. The van der Waals surface area contributed by atoms with E-state index >= 15 is 0 Å². The fraction of sp³-hybridized carbons (Fsp3) is 0.455. The Morgan fingerprint density at radius 1 is 1.23 bits per heavy atom. The normalized spacial score (nSPS) is 19.5. The molecule has 0 saturated heterocycles. The Morgan fingerprint density at radius 3 is 2.38 bits per heavy atom. The van der Waals surface area contributed by atoms with Crippen molar-refractivity contribution in [3.05, 3.63) is 35.6 Å². The van der Waals surface area contributed by atoms with Crippen LogP contribution in [0, 0.1) is 5.82 Å². The summed E-state index contributed by atoms with van der Waals surface area (Å²) in [6.07, 6.45) is 2.58. The highest BCUT2D eigenvalue weighted by Gasteiger charge is 2.40. The van der Waals surface area contributed by atoms with E-state index in [1.165, 1.54) is 6.07 Å². The first-order valence-electron chi connectivity index (χ1n) is 4.59. The standard InChI is InChI=1S/C11H12F2/c12-8-11(6-3-7-11)9-4-1-2-5-10(9)13/h1-2,4-5H,3,6-8H2. The minimum Gasteiger partial charge on any atom is -0.250 e. The van der Waals surface area contributed by atoms with Crippen LogP contribution in [0.3, 0.4) is 0 Å². The molecule has 0 nitrogen and oxygen atoms in total. The summed E-state index contributed by atoms with van der Waals surface area (Å²) in [5.41, 5.74) is 0.0643. The summed E-state index contributed by atoms with van der Waals surface area (Å²) in [7, 11) is 0. The largest absolute Gasteiger partial charge is 0.250 e. The highest BCUT2D eigenvalue weighted by Crippen LogP contribution is 2.44. The molecule has 0 atom stereocenters. The number of benzene rings is 1. The molecule has 70 valence electrons. The van der Waals surface area contributed by atoms with Gasteiger partial charge in [-0.25, -0.2) is 4.39 Å².